The lowest BCUT2D eigenvalue weighted by molar-refractivity contribution is 0.340. The Balaban J connectivity index is 1.50. The number of benzene rings is 1. The summed E-state index contributed by atoms with van der Waals surface area (Å²) in [5, 5.41) is 0. The maximum atomic E-state index is 6.46. The molecule has 22 heavy (non-hydrogen) atoms. The molecule has 3 nitrogen and oxygen atoms in total. The summed E-state index contributed by atoms with van der Waals surface area (Å²) in [6.07, 6.45) is 7.99. The summed E-state index contributed by atoms with van der Waals surface area (Å²) in [5.74, 6) is 2.52. The molecular formula is C19H30N2O. The van der Waals surface area contributed by atoms with Crippen LogP contribution in [0.25, 0.3) is 0 Å². The fourth-order valence-corrected chi connectivity index (χ4v) is 4.14. The van der Waals surface area contributed by atoms with Gasteiger partial charge in [0.15, 0.2) is 0 Å². The molecule has 0 spiro atoms. The number of hydrogen-bond donors (Lipinski definition) is 1. The van der Waals surface area contributed by atoms with E-state index in [4.69, 9.17) is 10.5 Å². The zero-order chi connectivity index (χ0) is 15.4. The van der Waals surface area contributed by atoms with Crippen LogP contribution in [0.1, 0.15) is 45.4 Å². The number of anilines is 1. The largest absolute Gasteiger partial charge is 0.494 e. The first-order valence-electron chi connectivity index (χ1n) is 8.99. The highest BCUT2D eigenvalue weighted by Gasteiger charge is 2.28. The molecule has 1 aromatic carbocycles. The Hall–Kier alpha value is -1.22. The van der Waals surface area contributed by atoms with Crippen molar-refractivity contribution in [1.82, 2.24) is 0 Å². The van der Waals surface area contributed by atoms with Gasteiger partial charge in [0.25, 0.3) is 0 Å². The smallest absolute Gasteiger partial charge is 0.119 e. The molecule has 2 fully saturated rings. The Kier molecular flexibility index (Phi) is 5.24. The fourth-order valence-electron chi connectivity index (χ4n) is 4.14. The minimum atomic E-state index is 0.424. The molecule has 1 saturated heterocycles. The van der Waals surface area contributed by atoms with Crippen molar-refractivity contribution >= 4 is 5.69 Å². The minimum absolute atomic E-state index is 0.424. The van der Waals surface area contributed by atoms with Gasteiger partial charge >= 0.3 is 0 Å². The van der Waals surface area contributed by atoms with Crippen molar-refractivity contribution in [2.45, 2.75) is 51.5 Å². The van der Waals surface area contributed by atoms with E-state index in [0.717, 1.165) is 37.3 Å². The van der Waals surface area contributed by atoms with Gasteiger partial charge in [0, 0.05) is 24.8 Å². The first kappa shape index (κ1) is 15.7. The monoisotopic (exact) mass is 302 g/mol. The van der Waals surface area contributed by atoms with E-state index in [2.05, 4.69) is 29.2 Å². The van der Waals surface area contributed by atoms with Gasteiger partial charge in [0.05, 0.1) is 6.61 Å². The third kappa shape index (κ3) is 3.75. The van der Waals surface area contributed by atoms with Gasteiger partial charge < -0.3 is 15.4 Å². The number of rotatable bonds is 6. The van der Waals surface area contributed by atoms with Crippen molar-refractivity contribution in [2.75, 3.05) is 24.6 Å². The van der Waals surface area contributed by atoms with Gasteiger partial charge in [-0.2, -0.15) is 0 Å². The molecule has 2 aliphatic rings. The predicted octanol–water partition coefficient (Wildman–Crippen LogP) is 3.82. The molecule has 2 N–H and O–H groups in total. The van der Waals surface area contributed by atoms with Crippen LogP contribution >= 0.6 is 0 Å². The van der Waals surface area contributed by atoms with Gasteiger partial charge in [-0.3, -0.25) is 0 Å². The maximum Gasteiger partial charge on any atom is 0.119 e. The lowest BCUT2D eigenvalue weighted by Gasteiger charge is -2.23. The topological polar surface area (TPSA) is 38.5 Å². The third-order valence-electron chi connectivity index (χ3n) is 5.41. The van der Waals surface area contributed by atoms with Crippen molar-refractivity contribution < 1.29 is 4.74 Å². The van der Waals surface area contributed by atoms with E-state index in [1.165, 1.54) is 44.2 Å². The van der Waals surface area contributed by atoms with Gasteiger partial charge in [-0.25, -0.2) is 0 Å². The summed E-state index contributed by atoms with van der Waals surface area (Å²) < 4.78 is 5.52. The average Bonchev–Trinajstić information content (AvgIpc) is 3.19. The van der Waals surface area contributed by atoms with Crippen LogP contribution in [0.3, 0.4) is 0 Å². The average molecular weight is 302 g/mol. The number of nitrogens with two attached hydrogens (primary N) is 1. The first-order valence-corrected chi connectivity index (χ1v) is 8.99. The molecule has 3 heteroatoms. The van der Waals surface area contributed by atoms with Crippen LogP contribution in [0.15, 0.2) is 24.3 Å². The summed E-state index contributed by atoms with van der Waals surface area (Å²) in [7, 11) is 0. The van der Waals surface area contributed by atoms with Crippen LogP contribution in [0.5, 0.6) is 5.75 Å². The highest BCUT2D eigenvalue weighted by molar-refractivity contribution is 5.49. The molecule has 122 valence electrons. The Morgan fingerprint density at radius 1 is 1.18 bits per heavy atom. The van der Waals surface area contributed by atoms with Gasteiger partial charge in [0.2, 0.25) is 0 Å². The SMILES string of the molecule is CCOc1ccc(N2CCC(CC(N)C3CCCC3)C2)cc1. The third-order valence-corrected chi connectivity index (χ3v) is 5.41. The van der Waals surface area contributed by atoms with Crippen LogP contribution < -0.4 is 15.4 Å². The van der Waals surface area contributed by atoms with Gasteiger partial charge in [0.1, 0.15) is 5.75 Å². The lowest BCUT2D eigenvalue weighted by Crippen LogP contribution is -2.31. The van der Waals surface area contributed by atoms with E-state index in [-0.39, 0.29) is 0 Å². The predicted molar refractivity (Wildman–Crippen MR) is 92.5 cm³/mol. The molecular weight excluding hydrogens is 272 g/mol. The van der Waals surface area contributed by atoms with Crippen molar-refractivity contribution in [1.29, 1.82) is 0 Å². The molecule has 1 heterocycles. The fraction of sp³-hybridized carbons (Fsp3) is 0.684. The first-order chi connectivity index (χ1) is 10.8. The molecule has 1 aromatic rings. The van der Waals surface area contributed by atoms with E-state index in [1.807, 2.05) is 6.92 Å². The van der Waals surface area contributed by atoms with Crippen molar-refractivity contribution in [3.63, 3.8) is 0 Å². The lowest BCUT2D eigenvalue weighted by atomic mass is 9.89. The Morgan fingerprint density at radius 3 is 2.59 bits per heavy atom. The molecule has 1 aliphatic heterocycles. The molecule has 0 aromatic heterocycles. The summed E-state index contributed by atoms with van der Waals surface area (Å²) in [6, 6.07) is 8.95. The molecule has 1 aliphatic carbocycles. The molecule has 0 radical (unpaired) electrons. The Labute approximate surface area is 134 Å². The van der Waals surface area contributed by atoms with E-state index >= 15 is 0 Å². The van der Waals surface area contributed by atoms with Crippen molar-refractivity contribution in [3.8, 4) is 5.75 Å². The number of hydrogen-bond acceptors (Lipinski definition) is 3. The summed E-state index contributed by atoms with van der Waals surface area (Å²) in [6.45, 7) is 5.07. The van der Waals surface area contributed by atoms with E-state index in [0.29, 0.717) is 6.04 Å². The highest BCUT2D eigenvalue weighted by atomic mass is 16.5. The zero-order valence-electron chi connectivity index (χ0n) is 13.8. The number of nitrogens with zero attached hydrogens (tertiary/aromatic N) is 1. The molecule has 0 amide bonds. The van der Waals surface area contributed by atoms with Crippen molar-refractivity contribution in [3.05, 3.63) is 24.3 Å². The van der Waals surface area contributed by atoms with Gasteiger partial charge in [-0.15, -0.1) is 0 Å². The molecule has 2 unspecified atom stereocenters. The maximum absolute atomic E-state index is 6.46. The quantitative estimate of drug-likeness (QED) is 0.868. The van der Waals surface area contributed by atoms with E-state index in [9.17, 15) is 0 Å². The summed E-state index contributed by atoms with van der Waals surface area (Å²) in [5.41, 5.74) is 7.78. The number of ether oxygens (including phenoxy) is 1. The van der Waals surface area contributed by atoms with Gasteiger partial charge in [-0.05, 0) is 68.7 Å². The standard InChI is InChI=1S/C19H30N2O/c1-2-22-18-9-7-17(8-10-18)21-12-11-15(14-21)13-19(20)16-5-3-4-6-16/h7-10,15-16,19H,2-6,11-14,20H2,1H3. The Bertz CT molecular complexity index is 453. The van der Waals surface area contributed by atoms with Crippen LogP contribution in [-0.4, -0.2) is 25.7 Å². The second-order valence-electron chi connectivity index (χ2n) is 6.97. The molecule has 2 atom stereocenters. The summed E-state index contributed by atoms with van der Waals surface area (Å²) in [4.78, 5) is 2.50. The van der Waals surface area contributed by atoms with Crippen LogP contribution in [0.4, 0.5) is 5.69 Å². The normalized spacial score (nSPS) is 23.9. The molecule has 1 saturated carbocycles. The van der Waals surface area contributed by atoms with Crippen LogP contribution in [0.2, 0.25) is 0 Å². The second kappa shape index (κ2) is 7.36. The zero-order valence-corrected chi connectivity index (χ0v) is 13.8. The Morgan fingerprint density at radius 2 is 1.91 bits per heavy atom. The van der Waals surface area contributed by atoms with Crippen molar-refractivity contribution in [2.24, 2.45) is 17.6 Å². The summed E-state index contributed by atoms with van der Waals surface area (Å²) >= 11 is 0. The molecule has 3 rings (SSSR count). The van der Waals surface area contributed by atoms with Crippen LogP contribution in [0, 0.1) is 11.8 Å². The van der Waals surface area contributed by atoms with Crippen LogP contribution in [-0.2, 0) is 0 Å². The highest BCUT2D eigenvalue weighted by Crippen LogP contribution is 2.33. The van der Waals surface area contributed by atoms with E-state index in [1.54, 1.807) is 0 Å². The van der Waals surface area contributed by atoms with E-state index < -0.39 is 0 Å². The second-order valence-corrected chi connectivity index (χ2v) is 6.97. The minimum Gasteiger partial charge on any atom is -0.494 e. The molecule has 0 bridgehead atoms. The van der Waals surface area contributed by atoms with Gasteiger partial charge in [-0.1, -0.05) is 12.8 Å².